The largest absolute Gasteiger partial charge is 0.0651 e. The molecule has 1 fully saturated rings. The maximum absolute atomic E-state index is 2.52. The van der Waals surface area contributed by atoms with Gasteiger partial charge in [-0.15, -0.1) is 0 Å². The van der Waals surface area contributed by atoms with Gasteiger partial charge in [-0.3, -0.25) is 0 Å². The Morgan fingerprint density at radius 1 is 1.29 bits per heavy atom. The molecule has 0 bridgehead atoms. The lowest BCUT2D eigenvalue weighted by atomic mass is 9.51. The Bertz CT molecular complexity index is 184. The van der Waals surface area contributed by atoms with E-state index in [9.17, 15) is 0 Å². The minimum absolute atomic E-state index is 0.598. The van der Waals surface area contributed by atoms with E-state index in [0.29, 0.717) is 5.41 Å². The molecule has 0 nitrogen and oxygen atoms in total. The summed E-state index contributed by atoms with van der Waals surface area (Å²) in [5, 5.41) is 0. The Labute approximate surface area is 90.5 Å². The lowest BCUT2D eigenvalue weighted by Gasteiger charge is -2.54. The van der Waals surface area contributed by atoms with E-state index in [4.69, 9.17) is 0 Å². The average molecular weight is 196 g/mol. The van der Waals surface area contributed by atoms with Crippen LogP contribution in [0.25, 0.3) is 0 Å². The van der Waals surface area contributed by atoms with Crippen molar-refractivity contribution in [3.05, 3.63) is 0 Å². The molecule has 0 spiro atoms. The molecule has 0 amide bonds. The first-order valence-electron chi connectivity index (χ1n) is 6.47. The molecule has 0 aromatic rings. The van der Waals surface area contributed by atoms with E-state index in [1.165, 1.54) is 19.3 Å². The zero-order chi connectivity index (χ0) is 10.9. The third-order valence-electron chi connectivity index (χ3n) is 5.50. The Hall–Kier alpha value is 0. The van der Waals surface area contributed by atoms with Crippen molar-refractivity contribution >= 4 is 0 Å². The minimum Gasteiger partial charge on any atom is -0.0651 e. The van der Waals surface area contributed by atoms with Gasteiger partial charge in [0.1, 0.15) is 0 Å². The van der Waals surface area contributed by atoms with E-state index >= 15 is 0 Å². The van der Waals surface area contributed by atoms with Gasteiger partial charge in [0.25, 0.3) is 0 Å². The van der Waals surface area contributed by atoms with Crippen molar-refractivity contribution < 1.29 is 0 Å². The van der Waals surface area contributed by atoms with Gasteiger partial charge >= 0.3 is 0 Å². The van der Waals surface area contributed by atoms with Crippen LogP contribution in [0.3, 0.4) is 0 Å². The van der Waals surface area contributed by atoms with E-state index in [2.05, 4.69) is 41.5 Å². The van der Waals surface area contributed by atoms with Crippen LogP contribution in [0.5, 0.6) is 0 Å². The lowest BCUT2D eigenvalue weighted by Crippen LogP contribution is -2.46. The molecular weight excluding hydrogens is 168 g/mol. The molecule has 0 aromatic heterocycles. The summed E-state index contributed by atoms with van der Waals surface area (Å²) in [5.41, 5.74) is 0.598. The lowest BCUT2D eigenvalue weighted by molar-refractivity contribution is -0.0468. The van der Waals surface area contributed by atoms with Gasteiger partial charge in [0.05, 0.1) is 0 Å². The Kier molecular flexibility index (Phi) is 3.66. The summed E-state index contributed by atoms with van der Waals surface area (Å²) in [6.07, 6.45) is 4.15. The molecule has 5 unspecified atom stereocenters. The van der Waals surface area contributed by atoms with Crippen LogP contribution in [0.4, 0.5) is 0 Å². The number of hydrogen-bond donors (Lipinski definition) is 0. The molecule has 1 rings (SSSR count). The second kappa shape index (κ2) is 4.24. The predicted octanol–water partition coefficient (Wildman–Crippen LogP) is 4.74. The highest BCUT2D eigenvalue weighted by Crippen LogP contribution is 2.55. The molecule has 1 aliphatic rings. The fraction of sp³-hybridized carbons (Fsp3) is 1.00. The molecule has 0 heterocycles. The Morgan fingerprint density at radius 3 is 2.14 bits per heavy atom. The summed E-state index contributed by atoms with van der Waals surface area (Å²) in [4.78, 5) is 0. The zero-order valence-electron chi connectivity index (χ0n) is 10.9. The first-order valence-corrected chi connectivity index (χ1v) is 6.47. The molecule has 0 N–H and O–H groups in total. The van der Waals surface area contributed by atoms with Gasteiger partial charge in [0, 0.05) is 0 Å². The molecule has 84 valence electrons. The van der Waals surface area contributed by atoms with Crippen LogP contribution in [0.15, 0.2) is 0 Å². The SMILES string of the molecule is CCC(C)C(C)(CC)C1CC(C)C1C. The molecule has 0 saturated heterocycles. The Morgan fingerprint density at radius 2 is 1.86 bits per heavy atom. The van der Waals surface area contributed by atoms with Crippen molar-refractivity contribution in [2.75, 3.05) is 0 Å². The first-order chi connectivity index (χ1) is 6.47. The topological polar surface area (TPSA) is 0 Å². The molecule has 5 atom stereocenters. The monoisotopic (exact) mass is 196 g/mol. The summed E-state index contributed by atoms with van der Waals surface area (Å²) in [6.45, 7) is 14.5. The van der Waals surface area contributed by atoms with Gasteiger partial charge in [-0.25, -0.2) is 0 Å². The third kappa shape index (κ3) is 1.73. The normalized spacial score (nSPS) is 38.6. The summed E-state index contributed by atoms with van der Waals surface area (Å²) >= 11 is 0. The van der Waals surface area contributed by atoms with Crippen molar-refractivity contribution in [2.45, 2.75) is 60.8 Å². The highest BCUT2D eigenvalue weighted by molar-refractivity contribution is 4.96. The van der Waals surface area contributed by atoms with Crippen LogP contribution in [0.1, 0.15) is 60.8 Å². The molecule has 1 saturated carbocycles. The summed E-state index contributed by atoms with van der Waals surface area (Å²) in [6, 6.07) is 0. The van der Waals surface area contributed by atoms with Crippen LogP contribution in [-0.2, 0) is 0 Å². The van der Waals surface area contributed by atoms with Gasteiger partial charge in [-0.05, 0) is 35.5 Å². The smallest absolute Gasteiger partial charge is 0.0272 e. The maximum atomic E-state index is 2.52. The van der Waals surface area contributed by atoms with Crippen LogP contribution < -0.4 is 0 Å². The van der Waals surface area contributed by atoms with E-state index in [1.54, 1.807) is 0 Å². The maximum Gasteiger partial charge on any atom is -0.0272 e. The second-order valence-corrected chi connectivity index (χ2v) is 5.85. The fourth-order valence-corrected chi connectivity index (χ4v) is 3.34. The van der Waals surface area contributed by atoms with Crippen molar-refractivity contribution in [1.29, 1.82) is 0 Å². The first kappa shape index (κ1) is 12.1. The van der Waals surface area contributed by atoms with Gasteiger partial charge in [0.2, 0.25) is 0 Å². The minimum atomic E-state index is 0.598. The van der Waals surface area contributed by atoms with Crippen LogP contribution in [0.2, 0.25) is 0 Å². The van der Waals surface area contributed by atoms with Crippen molar-refractivity contribution in [1.82, 2.24) is 0 Å². The second-order valence-electron chi connectivity index (χ2n) is 5.85. The predicted molar refractivity (Wildman–Crippen MR) is 64.3 cm³/mol. The van der Waals surface area contributed by atoms with E-state index in [0.717, 1.165) is 23.7 Å². The number of rotatable bonds is 4. The molecule has 0 aromatic carbocycles. The van der Waals surface area contributed by atoms with Gasteiger partial charge in [-0.1, -0.05) is 54.4 Å². The molecule has 14 heavy (non-hydrogen) atoms. The van der Waals surface area contributed by atoms with Crippen molar-refractivity contribution in [3.63, 3.8) is 0 Å². The van der Waals surface area contributed by atoms with Crippen LogP contribution >= 0.6 is 0 Å². The fourth-order valence-electron chi connectivity index (χ4n) is 3.34. The van der Waals surface area contributed by atoms with Crippen molar-refractivity contribution in [3.8, 4) is 0 Å². The van der Waals surface area contributed by atoms with E-state index in [1.807, 2.05) is 0 Å². The summed E-state index contributed by atoms with van der Waals surface area (Å²) < 4.78 is 0. The number of hydrogen-bond acceptors (Lipinski definition) is 0. The van der Waals surface area contributed by atoms with E-state index < -0.39 is 0 Å². The Balaban J connectivity index is 2.70. The van der Waals surface area contributed by atoms with Gasteiger partial charge < -0.3 is 0 Å². The average Bonchev–Trinajstić information content (AvgIpc) is 2.22. The zero-order valence-corrected chi connectivity index (χ0v) is 10.9. The van der Waals surface area contributed by atoms with E-state index in [-0.39, 0.29) is 0 Å². The summed E-state index contributed by atoms with van der Waals surface area (Å²) in [5.74, 6) is 3.79. The molecular formula is C14H28. The highest BCUT2D eigenvalue weighted by Gasteiger charge is 2.47. The van der Waals surface area contributed by atoms with Gasteiger partial charge in [-0.2, -0.15) is 0 Å². The quantitative estimate of drug-likeness (QED) is 0.609. The third-order valence-corrected chi connectivity index (χ3v) is 5.50. The molecule has 0 aliphatic heterocycles. The standard InChI is InChI=1S/C14H28/c1-7-11(4)14(6,8-2)13-9-10(3)12(13)5/h10-13H,7-9H2,1-6H3. The van der Waals surface area contributed by atoms with Gasteiger partial charge in [0.15, 0.2) is 0 Å². The van der Waals surface area contributed by atoms with Crippen LogP contribution in [0, 0.1) is 29.1 Å². The summed E-state index contributed by atoms with van der Waals surface area (Å²) in [7, 11) is 0. The highest BCUT2D eigenvalue weighted by atomic mass is 14.5. The molecule has 0 radical (unpaired) electrons. The van der Waals surface area contributed by atoms with Crippen LogP contribution in [-0.4, -0.2) is 0 Å². The van der Waals surface area contributed by atoms with Crippen molar-refractivity contribution in [2.24, 2.45) is 29.1 Å². The molecule has 0 heteroatoms. The molecule has 1 aliphatic carbocycles.